The molecule has 0 saturated carbocycles. The smallest absolute Gasteiger partial charge is 0.0620 e. The summed E-state index contributed by atoms with van der Waals surface area (Å²) in [4.78, 5) is 0. The van der Waals surface area contributed by atoms with Crippen LogP contribution in [0, 0.1) is 0 Å². The van der Waals surface area contributed by atoms with Crippen LogP contribution in [-0.4, -0.2) is 32.3 Å². The molecule has 1 aromatic carbocycles. The van der Waals surface area contributed by atoms with Gasteiger partial charge in [-0.3, -0.25) is 0 Å². The fourth-order valence-corrected chi connectivity index (χ4v) is 2.05. The molecule has 94 valence electrons. The Morgan fingerprint density at radius 2 is 2.18 bits per heavy atom. The molecular formula is C14H22N2O. The van der Waals surface area contributed by atoms with Crippen molar-refractivity contribution in [3.05, 3.63) is 29.8 Å². The molecule has 1 aliphatic heterocycles. The zero-order valence-electron chi connectivity index (χ0n) is 10.5. The van der Waals surface area contributed by atoms with Crippen LogP contribution in [-0.2, 0) is 11.2 Å². The molecule has 0 aromatic heterocycles. The highest BCUT2D eigenvalue weighted by Gasteiger charge is 2.11. The second-order valence-electron chi connectivity index (χ2n) is 4.49. The van der Waals surface area contributed by atoms with Crippen LogP contribution in [0.4, 0.5) is 5.69 Å². The Hall–Kier alpha value is -1.06. The quantitative estimate of drug-likeness (QED) is 0.818. The molecule has 2 N–H and O–H groups in total. The van der Waals surface area contributed by atoms with Gasteiger partial charge >= 0.3 is 0 Å². The van der Waals surface area contributed by atoms with Crippen molar-refractivity contribution >= 4 is 5.69 Å². The second-order valence-corrected chi connectivity index (χ2v) is 4.49. The van der Waals surface area contributed by atoms with E-state index in [0.717, 1.165) is 39.1 Å². The number of anilines is 1. The van der Waals surface area contributed by atoms with Gasteiger partial charge in [0, 0.05) is 24.8 Å². The molecule has 1 saturated heterocycles. The van der Waals surface area contributed by atoms with Crippen LogP contribution in [0.15, 0.2) is 24.3 Å². The van der Waals surface area contributed by atoms with Gasteiger partial charge in [0.1, 0.15) is 0 Å². The summed E-state index contributed by atoms with van der Waals surface area (Å²) < 4.78 is 5.42. The largest absolute Gasteiger partial charge is 0.385 e. The van der Waals surface area contributed by atoms with Gasteiger partial charge in [0.25, 0.3) is 0 Å². The predicted molar refractivity (Wildman–Crippen MR) is 71.5 cm³/mol. The molecule has 1 fully saturated rings. The Kier molecular flexibility index (Phi) is 4.83. The Morgan fingerprint density at radius 1 is 1.35 bits per heavy atom. The number of hydrogen-bond donors (Lipinski definition) is 2. The third-order valence-corrected chi connectivity index (χ3v) is 3.18. The lowest BCUT2D eigenvalue weighted by Crippen LogP contribution is -2.42. The lowest BCUT2D eigenvalue weighted by Gasteiger charge is -2.23. The van der Waals surface area contributed by atoms with Crippen LogP contribution in [0.25, 0.3) is 0 Å². The molecular weight excluding hydrogens is 212 g/mol. The molecule has 0 amide bonds. The van der Waals surface area contributed by atoms with Gasteiger partial charge in [-0.15, -0.1) is 0 Å². The summed E-state index contributed by atoms with van der Waals surface area (Å²) in [6, 6.07) is 9.19. The summed E-state index contributed by atoms with van der Waals surface area (Å²) in [5, 5.41) is 6.91. The van der Waals surface area contributed by atoms with E-state index in [0.29, 0.717) is 6.04 Å². The zero-order valence-corrected chi connectivity index (χ0v) is 10.5. The minimum Gasteiger partial charge on any atom is -0.385 e. The van der Waals surface area contributed by atoms with E-state index in [-0.39, 0.29) is 0 Å². The number of ether oxygens (including phenoxy) is 1. The van der Waals surface area contributed by atoms with Crippen molar-refractivity contribution in [1.82, 2.24) is 5.32 Å². The summed E-state index contributed by atoms with van der Waals surface area (Å²) in [5.41, 5.74) is 2.59. The van der Waals surface area contributed by atoms with Crippen molar-refractivity contribution in [2.24, 2.45) is 0 Å². The van der Waals surface area contributed by atoms with Crippen molar-refractivity contribution in [2.45, 2.75) is 25.8 Å². The maximum absolute atomic E-state index is 5.42. The molecule has 1 atom stereocenters. The van der Waals surface area contributed by atoms with E-state index in [1.165, 1.54) is 11.3 Å². The van der Waals surface area contributed by atoms with Crippen LogP contribution >= 0.6 is 0 Å². The van der Waals surface area contributed by atoms with Gasteiger partial charge in [0.15, 0.2) is 0 Å². The first-order valence-corrected chi connectivity index (χ1v) is 6.52. The van der Waals surface area contributed by atoms with Crippen LogP contribution < -0.4 is 10.6 Å². The molecule has 0 bridgehead atoms. The number of nitrogens with one attached hydrogen (secondary N) is 2. The van der Waals surface area contributed by atoms with Crippen molar-refractivity contribution in [3.8, 4) is 0 Å². The number of rotatable bonds is 5. The Bertz CT molecular complexity index is 317. The van der Waals surface area contributed by atoms with E-state index in [9.17, 15) is 0 Å². The first-order valence-electron chi connectivity index (χ1n) is 6.52. The summed E-state index contributed by atoms with van der Waals surface area (Å²) in [7, 11) is 0. The monoisotopic (exact) mass is 234 g/mol. The molecule has 1 aliphatic rings. The number of hydrogen-bond acceptors (Lipinski definition) is 3. The van der Waals surface area contributed by atoms with Crippen molar-refractivity contribution < 1.29 is 4.74 Å². The lowest BCUT2D eigenvalue weighted by molar-refractivity contribution is 0.0753. The van der Waals surface area contributed by atoms with Gasteiger partial charge < -0.3 is 15.4 Å². The highest BCUT2D eigenvalue weighted by molar-refractivity contribution is 5.44. The Labute approximate surface area is 104 Å². The molecule has 1 unspecified atom stereocenters. The van der Waals surface area contributed by atoms with Gasteiger partial charge in [0.2, 0.25) is 0 Å². The first-order chi connectivity index (χ1) is 8.38. The third-order valence-electron chi connectivity index (χ3n) is 3.18. The van der Waals surface area contributed by atoms with E-state index < -0.39 is 0 Å². The minimum absolute atomic E-state index is 0.506. The van der Waals surface area contributed by atoms with Crippen molar-refractivity contribution in [1.29, 1.82) is 0 Å². The maximum Gasteiger partial charge on any atom is 0.0620 e. The highest BCUT2D eigenvalue weighted by atomic mass is 16.5. The average molecular weight is 234 g/mol. The van der Waals surface area contributed by atoms with Gasteiger partial charge in [0.05, 0.1) is 13.2 Å². The predicted octanol–water partition coefficient (Wildman–Crippen LogP) is 2.04. The topological polar surface area (TPSA) is 33.3 Å². The van der Waals surface area contributed by atoms with E-state index >= 15 is 0 Å². The van der Waals surface area contributed by atoms with Crippen LogP contribution in [0.2, 0.25) is 0 Å². The molecule has 3 heteroatoms. The zero-order chi connectivity index (χ0) is 11.9. The van der Waals surface area contributed by atoms with Crippen LogP contribution in [0.5, 0.6) is 0 Å². The lowest BCUT2D eigenvalue weighted by atomic mass is 10.1. The molecule has 2 rings (SSSR count). The maximum atomic E-state index is 5.42. The van der Waals surface area contributed by atoms with Crippen molar-refractivity contribution in [3.63, 3.8) is 0 Å². The molecule has 1 aromatic rings. The number of morpholine rings is 1. The second kappa shape index (κ2) is 6.62. The van der Waals surface area contributed by atoms with Gasteiger partial charge in [-0.2, -0.15) is 0 Å². The molecule has 0 radical (unpaired) electrons. The number of aryl methyl sites for hydroxylation is 1. The third kappa shape index (κ3) is 4.02. The average Bonchev–Trinajstić information content (AvgIpc) is 2.41. The summed E-state index contributed by atoms with van der Waals surface area (Å²) in [5.74, 6) is 0. The van der Waals surface area contributed by atoms with E-state index in [1.807, 2.05) is 0 Å². The van der Waals surface area contributed by atoms with Gasteiger partial charge in [-0.1, -0.05) is 19.1 Å². The van der Waals surface area contributed by atoms with Gasteiger partial charge in [-0.25, -0.2) is 0 Å². The normalized spacial score (nSPS) is 20.2. The van der Waals surface area contributed by atoms with E-state index in [1.54, 1.807) is 0 Å². The fraction of sp³-hybridized carbons (Fsp3) is 0.571. The van der Waals surface area contributed by atoms with Crippen LogP contribution in [0.1, 0.15) is 18.9 Å². The Balaban J connectivity index is 1.69. The molecule has 0 aliphatic carbocycles. The molecule has 17 heavy (non-hydrogen) atoms. The minimum atomic E-state index is 0.506. The van der Waals surface area contributed by atoms with E-state index in [2.05, 4.69) is 41.8 Å². The first kappa shape index (κ1) is 12.4. The Morgan fingerprint density at radius 3 is 2.82 bits per heavy atom. The molecule has 3 nitrogen and oxygen atoms in total. The standard InChI is InChI=1S/C14H22N2O/c1-2-12-3-5-13(6-4-12)15-8-7-14-11-17-10-9-16-14/h3-6,14-16H,2,7-11H2,1H3. The molecule has 1 heterocycles. The van der Waals surface area contributed by atoms with Gasteiger partial charge in [-0.05, 0) is 30.5 Å². The summed E-state index contributed by atoms with van der Waals surface area (Å²) in [6.07, 6.45) is 2.21. The fourth-order valence-electron chi connectivity index (χ4n) is 2.05. The van der Waals surface area contributed by atoms with E-state index in [4.69, 9.17) is 4.74 Å². The summed E-state index contributed by atoms with van der Waals surface area (Å²) >= 11 is 0. The van der Waals surface area contributed by atoms with Crippen molar-refractivity contribution in [2.75, 3.05) is 31.6 Å². The SMILES string of the molecule is CCc1ccc(NCCC2COCCN2)cc1. The van der Waals surface area contributed by atoms with Crippen LogP contribution in [0.3, 0.4) is 0 Å². The summed E-state index contributed by atoms with van der Waals surface area (Å²) in [6.45, 7) is 5.85. The number of benzene rings is 1. The highest BCUT2D eigenvalue weighted by Crippen LogP contribution is 2.10. The molecule has 0 spiro atoms.